The SMILES string of the molecule is CC1Cc2[nH]c(Br)cc2C(=O)CN1C. The van der Waals surface area contributed by atoms with Gasteiger partial charge in [0.15, 0.2) is 5.78 Å². The third kappa shape index (κ3) is 1.64. The van der Waals surface area contributed by atoms with Gasteiger partial charge in [-0.1, -0.05) is 0 Å². The molecule has 76 valence electrons. The fraction of sp³-hybridized carbons (Fsp3) is 0.500. The van der Waals surface area contributed by atoms with Crippen molar-refractivity contribution in [1.82, 2.24) is 9.88 Å². The first-order valence-electron chi connectivity index (χ1n) is 4.68. The van der Waals surface area contributed by atoms with Crippen LogP contribution in [0.15, 0.2) is 10.7 Å². The summed E-state index contributed by atoms with van der Waals surface area (Å²) in [7, 11) is 1.99. The number of hydrogen-bond donors (Lipinski definition) is 1. The molecule has 1 aliphatic heterocycles. The van der Waals surface area contributed by atoms with Crippen molar-refractivity contribution in [3.63, 3.8) is 0 Å². The number of nitrogens with one attached hydrogen (secondary N) is 1. The molecule has 1 aromatic rings. The van der Waals surface area contributed by atoms with Crippen LogP contribution in [0.3, 0.4) is 0 Å². The number of aromatic nitrogens is 1. The number of fused-ring (bicyclic) bond motifs is 1. The van der Waals surface area contributed by atoms with Crippen LogP contribution in [0, 0.1) is 0 Å². The number of carbonyl (C=O) groups is 1. The van der Waals surface area contributed by atoms with Crippen molar-refractivity contribution >= 4 is 21.7 Å². The molecule has 0 aliphatic carbocycles. The normalized spacial score (nSPS) is 23.4. The maximum absolute atomic E-state index is 11.8. The summed E-state index contributed by atoms with van der Waals surface area (Å²) in [5, 5.41) is 0. The quantitative estimate of drug-likeness (QED) is 0.769. The molecule has 0 radical (unpaired) electrons. The number of rotatable bonds is 0. The van der Waals surface area contributed by atoms with Gasteiger partial charge in [-0.15, -0.1) is 0 Å². The van der Waals surface area contributed by atoms with Crippen LogP contribution < -0.4 is 0 Å². The Morgan fingerprint density at radius 2 is 2.36 bits per heavy atom. The summed E-state index contributed by atoms with van der Waals surface area (Å²) in [6.45, 7) is 2.65. The highest BCUT2D eigenvalue weighted by Crippen LogP contribution is 2.22. The van der Waals surface area contributed by atoms with E-state index in [4.69, 9.17) is 0 Å². The summed E-state index contributed by atoms with van der Waals surface area (Å²) in [5.74, 6) is 0.203. The molecule has 1 aliphatic rings. The maximum atomic E-state index is 11.8. The minimum absolute atomic E-state index is 0.203. The van der Waals surface area contributed by atoms with Gasteiger partial charge >= 0.3 is 0 Å². The summed E-state index contributed by atoms with van der Waals surface area (Å²) >= 11 is 3.36. The summed E-state index contributed by atoms with van der Waals surface area (Å²) < 4.78 is 0.896. The van der Waals surface area contributed by atoms with Crippen LogP contribution in [0.4, 0.5) is 0 Å². The number of H-pyrrole nitrogens is 1. The zero-order valence-corrected chi connectivity index (χ0v) is 9.89. The second-order valence-electron chi connectivity index (χ2n) is 3.90. The van der Waals surface area contributed by atoms with E-state index in [1.54, 1.807) is 0 Å². The molecule has 2 heterocycles. The smallest absolute Gasteiger partial charge is 0.178 e. The van der Waals surface area contributed by atoms with Crippen molar-refractivity contribution in [2.24, 2.45) is 0 Å². The Balaban J connectivity index is 2.41. The van der Waals surface area contributed by atoms with Gasteiger partial charge in [-0.3, -0.25) is 9.69 Å². The van der Waals surface area contributed by atoms with Gasteiger partial charge < -0.3 is 4.98 Å². The van der Waals surface area contributed by atoms with Crippen LogP contribution in [0.5, 0.6) is 0 Å². The third-order valence-electron chi connectivity index (χ3n) is 2.81. The van der Waals surface area contributed by atoms with Gasteiger partial charge in [0, 0.05) is 23.7 Å². The molecule has 0 aromatic carbocycles. The molecule has 0 bridgehead atoms. The Bertz CT molecular complexity index is 372. The highest BCUT2D eigenvalue weighted by molar-refractivity contribution is 9.10. The number of hydrogen-bond acceptors (Lipinski definition) is 2. The number of halogens is 1. The van der Waals surface area contributed by atoms with Gasteiger partial charge in [0.2, 0.25) is 0 Å². The molecule has 4 heteroatoms. The Morgan fingerprint density at radius 3 is 3.07 bits per heavy atom. The van der Waals surface area contributed by atoms with Gasteiger partial charge in [-0.2, -0.15) is 0 Å². The Hall–Kier alpha value is -0.610. The number of aromatic amines is 1. The first kappa shape index (κ1) is 9.93. The maximum Gasteiger partial charge on any atom is 0.178 e. The zero-order chi connectivity index (χ0) is 10.3. The summed E-state index contributed by atoms with van der Waals surface area (Å²) in [6.07, 6.45) is 0.906. The fourth-order valence-electron chi connectivity index (χ4n) is 1.79. The van der Waals surface area contributed by atoms with Crippen LogP contribution in [0.1, 0.15) is 23.0 Å². The van der Waals surface area contributed by atoms with Crippen molar-refractivity contribution in [2.75, 3.05) is 13.6 Å². The summed E-state index contributed by atoms with van der Waals surface area (Å²) in [5.41, 5.74) is 1.90. The predicted octanol–water partition coefficient (Wildman–Crippen LogP) is 1.84. The first-order valence-corrected chi connectivity index (χ1v) is 5.48. The fourth-order valence-corrected chi connectivity index (χ4v) is 2.26. The van der Waals surface area contributed by atoms with Crippen molar-refractivity contribution in [3.05, 3.63) is 21.9 Å². The molecule has 1 N–H and O–H groups in total. The average molecular weight is 257 g/mol. The molecule has 0 saturated heterocycles. The Kier molecular flexibility index (Phi) is 2.49. The molecule has 0 fully saturated rings. The lowest BCUT2D eigenvalue weighted by Crippen LogP contribution is -2.32. The van der Waals surface area contributed by atoms with Crippen molar-refractivity contribution in [3.8, 4) is 0 Å². The van der Waals surface area contributed by atoms with Crippen molar-refractivity contribution in [2.45, 2.75) is 19.4 Å². The number of carbonyl (C=O) groups excluding carboxylic acids is 1. The molecule has 3 nitrogen and oxygen atoms in total. The predicted molar refractivity (Wildman–Crippen MR) is 58.6 cm³/mol. The van der Waals surface area contributed by atoms with Crippen LogP contribution in [0.25, 0.3) is 0 Å². The molecular formula is C10H13BrN2O. The molecule has 1 atom stereocenters. The van der Waals surface area contributed by atoms with Gasteiger partial charge in [0.25, 0.3) is 0 Å². The average Bonchev–Trinajstić information content (AvgIpc) is 2.42. The van der Waals surface area contributed by atoms with Gasteiger partial charge in [-0.05, 0) is 36.0 Å². The minimum atomic E-state index is 0.203. The summed E-state index contributed by atoms with van der Waals surface area (Å²) in [6, 6.07) is 2.29. The number of nitrogens with zero attached hydrogens (tertiary/aromatic N) is 1. The van der Waals surface area contributed by atoms with Gasteiger partial charge in [-0.25, -0.2) is 0 Å². The topological polar surface area (TPSA) is 36.1 Å². The standard InChI is InChI=1S/C10H13BrN2O/c1-6-3-8-7(4-10(11)12-8)9(14)5-13(6)2/h4,6,12H,3,5H2,1-2H3. The van der Waals surface area contributed by atoms with E-state index >= 15 is 0 Å². The van der Waals surface area contributed by atoms with E-state index in [-0.39, 0.29) is 5.78 Å². The highest BCUT2D eigenvalue weighted by Gasteiger charge is 2.24. The van der Waals surface area contributed by atoms with E-state index in [1.807, 2.05) is 13.1 Å². The lowest BCUT2D eigenvalue weighted by atomic mass is 10.1. The second kappa shape index (κ2) is 3.51. The van der Waals surface area contributed by atoms with E-state index in [1.165, 1.54) is 0 Å². The summed E-state index contributed by atoms with van der Waals surface area (Å²) in [4.78, 5) is 17.1. The molecule has 1 aromatic heterocycles. The number of likely N-dealkylation sites (N-methyl/N-ethyl adjacent to an activating group) is 1. The number of Topliss-reactive ketones (excluding diaryl/α,β-unsaturated/α-hetero) is 1. The third-order valence-corrected chi connectivity index (χ3v) is 3.24. The molecule has 0 spiro atoms. The van der Waals surface area contributed by atoms with Crippen LogP contribution >= 0.6 is 15.9 Å². The number of ketones is 1. The van der Waals surface area contributed by atoms with E-state index in [2.05, 4.69) is 32.7 Å². The first-order chi connectivity index (χ1) is 6.58. The zero-order valence-electron chi connectivity index (χ0n) is 8.30. The van der Waals surface area contributed by atoms with Gasteiger partial charge in [0.1, 0.15) is 0 Å². The van der Waals surface area contributed by atoms with Crippen LogP contribution in [-0.4, -0.2) is 35.3 Å². The van der Waals surface area contributed by atoms with Crippen LogP contribution in [0.2, 0.25) is 0 Å². The lowest BCUT2D eigenvalue weighted by molar-refractivity contribution is 0.0936. The Morgan fingerprint density at radius 1 is 1.64 bits per heavy atom. The molecule has 1 unspecified atom stereocenters. The Labute approximate surface area is 91.6 Å². The van der Waals surface area contributed by atoms with E-state index in [9.17, 15) is 4.79 Å². The molecular weight excluding hydrogens is 244 g/mol. The molecule has 0 saturated carbocycles. The monoisotopic (exact) mass is 256 g/mol. The van der Waals surface area contributed by atoms with E-state index in [0.717, 1.165) is 22.3 Å². The largest absolute Gasteiger partial charge is 0.352 e. The lowest BCUT2D eigenvalue weighted by Gasteiger charge is -2.20. The molecule has 0 amide bonds. The van der Waals surface area contributed by atoms with Crippen LogP contribution in [-0.2, 0) is 6.42 Å². The minimum Gasteiger partial charge on any atom is -0.352 e. The van der Waals surface area contributed by atoms with E-state index in [0.29, 0.717) is 12.6 Å². The molecule has 14 heavy (non-hydrogen) atoms. The van der Waals surface area contributed by atoms with Gasteiger partial charge in [0.05, 0.1) is 11.1 Å². The van der Waals surface area contributed by atoms with Crippen molar-refractivity contribution < 1.29 is 4.79 Å². The highest BCUT2D eigenvalue weighted by atomic mass is 79.9. The second-order valence-corrected chi connectivity index (χ2v) is 4.76. The van der Waals surface area contributed by atoms with Crippen molar-refractivity contribution in [1.29, 1.82) is 0 Å². The van der Waals surface area contributed by atoms with E-state index < -0.39 is 0 Å². The molecule has 2 rings (SSSR count).